The van der Waals surface area contributed by atoms with Gasteiger partial charge >= 0.3 is 0 Å². The van der Waals surface area contributed by atoms with Crippen LogP contribution in [0.1, 0.15) is 5.56 Å². The van der Waals surface area contributed by atoms with Gasteiger partial charge in [0.1, 0.15) is 5.82 Å². The summed E-state index contributed by atoms with van der Waals surface area (Å²) in [6.45, 7) is 0. The second-order valence-electron chi connectivity index (χ2n) is 2.81. The normalized spacial score (nSPS) is 10.2. The van der Waals surface area contributed by atoms with Crippen LogP contribution in [0, 0.1) is 5.82 Å². The summed E-state index contributed by atoms with van der Waals surface area (Å²) >= 11 is 6.83. The van der Waals surface area contributed by atoms with Crippen LogP contribution in [0.2, 0.25) is 0 Å². The first-order chi connectivity index (χ1) is 6.67. The first-order valence-corrected chi connectivity index (χ1v) is 5.83. The van der Waals surface area contributed by atoms with Crippen molar-refractivity contribution >= 4 is 29.1 Å². The highest BCUT2D eigenvalue weighted by Crippen LogP contribution is 2.22. The van der Waals surface area contributed by atoms with E-state index in [1.807, 2.05) is 6.26 Å². The summed E-state index contributed by atoms with van der Waals surface area (Å²) in [4.78, 5) is 11.9. The maximum Gasteiger partial charge on any atom is 0.151 e. The molecule has 0 aromatic heterocycles. The number of Topliss-reactive ketones (excluding diaryl/α,β-unsaturated/α-hetero) is 1. The number of rotatable bonds is 4. The SMILES string of the molecule is CSc1cc(F)ccc1CC(=O)CCl. The monoisotopic (exact) mass is 232 g/mol. The summed E-state index contributed by atoms with van der Waals surface area (Å²) in [5.74, 6) is -0.324. The summed E-state index contributed by atoms with van der Waals surface area (Å²) in [5.41, 5.74) is 0.838. The van der Waals surface area contributed by atoms with Gasteiger partial charge in [0, 0.05) is 11.3 Å². The molecular weight excluding hydrogens is 223 g/mol. The molecule has 0 amide bonds. The second kappa shape index (κ2) is 5.37. The van der Waals surface area contributed by atoms with Crippen molar-refractivity contribution in [3.63, 3.8) is 0 Å². The Bertz CT molecular complexity index is 341. The van der Waals surface area contributed by atoms with Gasteiger partial charge in [0.2, 0.25) is 0 Å². The average molecular weight is 233 g/mol. The van der Waals surface area contributed by atoms with Gasteiger partial charge in [-0.2, -0.15) is 0 Å². The van der Waals surface area contributed by atoms with Crippen LogP contribution in [-0.2, 0) is 11.2 Å². The van der Waals surface area contributed by atoms with Gasteiger partial charge < -0.3 is 0 Å². The smallest absolute Gasteiger partial charge is 0.151 e. The molecule has 0 saturated carbocycles. The summed E-state index contributed by atoms with van der Waals surface area (Å²) in [6.07, 6.45) is 2.13. The molecule has 0 aliphatic rings. The molecule has 0 saturated heterocycles. The lowest BCUT2D eigenvalue weighted by Gasteiger charge is -2.05. The lowest BCUT2D eigenvalue weighted by molar-refractivity contribution is -0.116. The average Bonchev–Trinajstić information content (AvgIpc) is 2.20. The van der Waals surface area contributed by atoms with Gasteiger partial charge in [-0.25, -0.2) is 4.39 Å². The summed E-state index contributed by atoms with van der Waals surface area (Å²) in [7, 11) is 0. The molecular formula is C10H10ClFOS. The van der Waals surface area contributed by atoms with E-state index in [0.717, 1.165) is 10.5 Å². The van der Waals surface area contributed by atoms with E-state index in [9.17, 15) is 9.18 Å². The van der Waals surface area contributed by atoms with Crippen molar-refractivity contribution in [3.8, 4) is 0 Å². The number of alkyl halides is 1. The molecule has 0 aliphatic carbocycles. The van der Waals surface area contributed by atoms with E-state index in [4.69, 9.17) is 11.6 Å². The fourth-order valence-corrected chi connectivity index (χ4v) is 1.85. The van der Waals surface area contributed by atoms with Crippen molar-refractivity contribution in [1.29, 1.82) is 0 Å². The minimum atomic E-state index is -0.281. The standard InChI is InChI=1S/C10H10ClFOS/c1-14-10-5-8(12)3-2-7(10)4-9(13)6-11/h2-3,5H,4,6H2,1H3. The zero-order chi connectivity index (χ0) is 10.6. The second-order valence-corrected chi connectivity index (χ2v) is 3.92. The number of halogens is 2. The van der Waals surface area contributed by atoms with Crippen LogP contribution in [-0.4, -0.2) is 17.9 Å². The van der Waals surface area contributed by atoms with Crippen LogP contribution >= 0.6 is 23.4 Å². The third-order valence-electron chi connectivity index (χ3n) is 1.79. The number of carbonyl (C=O) groups excluding carboxylic acids is 1. The quantitative estimate of drug-likeness (QED) is 0.587. The van der Waals surface area contributed by atoms with Crippen molar-refractivity contribution < 1.29 is 9.18 Å². The highest BCUT2D eigenvalue weighted by atomic mass is 35.5. The number of hydrogen-bond donors (Lipinski definition) is 0. The van der Waals surface area contributed by atoms with Crippen molar-refractivity contribution in [2.45, 2.75) is 11.3 Å². The summed E-state index contributed by atoms with van der Waals surface area (Å²) < 4.78 is 12.8. The molecule has 0 heterocycles. The number of ketones is 1. The molecule has 0 radical (unpaired) electrons. The zero-order valence-electron chi connectivity index (χ0n) is 7.72. The molecule has 14 heavy (non-hydrogen) atoms. The Morgan fingerprint density at radius 2 is 2.29 bits per heavy atom. The van der Waals surface area contributed by atoms with Gasteiger partial charge in [-0.15, -0.1) is 23.4 Å². The Morgan fingerprint density at radius 1 is 1.57 bits per heavy atom. The van der Waals surface area contributed by atoms with Crippen LogP contribution < -0.4 is 0 Å². The van der Waals surface area contributed by atoms with E-state index < -0.39 is 0 Å². The molecule has 0 N–H and O–H groups in total. The number of carbonyl (C=O) groups is 1. The van der Waals surface area contributed by atoms with E-state index in [0.29, 0.717) is 0 Å². The topological polar surface area (TPSA) is 17.1 Å². The fourth-order valence-electron chi connectivity index (χ4n) is 1.12. The first-order valence-electron chi connectivity index (χ1n) is 4.07. The van der Waals surface area contributed by atoms with Crippen LogP contribution in [0.15, 0.2) is 23.1 Å². The first kappa shape index (κ1) is 11.5. The lowest BCUT2D eigenvalue weighted by Crippen LogP contribution is -2.04. The maximum atomic E-state index is 12.8. The Kier molecular flexibility index (Phi) is 4.42. The third kappa shape index (κ3) is 3.00. The molecule has 0 bridgehead atoms. The summed E-state index contributed by atoms with van der Waals surface area (Å²) in [6, 6.07) is 4.42. The van der Waals surface area contributed by atoms with Gasteiger partial charge in [0.25, 0.3) is 0 Å². The molecule has 4 heteroatoms. The Morgan fingerprint density at radius 3 is 2.86 bits per heavy atom. The van der Waals surface area contributed by atoms with Gasteiger partial charge in [-0.3, -0.25) is 4.79 Å². The molecule has 0 fully saturated rings. The van der Waals surface area contributed by atoms with Gasteiger partial charge in [0.15, 0.2) is 5.78 Å². The van der Waals surface area contributed by atoms with Crippen molar-refractivity contribution in [1.82, 2.24) is 0 Å². The van der Waals surface area contributed by atoms with Crippen molar-refractivity contribution in [3.05, 3.63) is 29.6 Å². The summed E-state index contributed by atoms with van der Waals surface area (Å²) in [5, 5.41) is 0. The minimum absolute atomic E-state index is 0.00516. The molecule has 1 aromatic rings. The van der Waals surface area contributed by atoms with Crippen LogP contribution in [0.25, 0.3) is 0 Å². The molecule has 0 aliphatic heterocycles. The predicted octanol–water partition coefficient (Wildman–Crippen LogP) is 2.90. The Labute approximate surface area is 91.6 Å². The van der Waals surface area contributed by atoms with E-state index in [2.05, 4.69) is 0 Å². The van der Waals surface area contributed by atoms with E-state index >= 15 is 0 Å². The number of hydrogen-bond acceptors (Lipinski definition) is 2. The number of thioether (sulfide) groups is 1. The molecule has 0 unspecified atom stereocenters. The van der Waals surface area contributed by atoms with Gasteiger partial charge in [-0.05, 0) is 24.0 Å². The molecule has 1 rings (SSSR count). The minimum Gasteiger partial charge on any atom is -0.298 e. The zero-order valence-corrected chi connectivity index (χ0v) is 9.29. The Hall–Kier alpha value is -0.540. The largest absolute Gasteiger partial charge is 0.298 e. The predicted molar refractivity (Wildman–Crippen MR) is 57.6 cm³/mol. The van der Waals surface area contributed by atoms with Crippen LogP contribution in [0.4, 0.5) is 4.39 Å². The van der Waals surface area contributed by atoms with Gasteiger partial charge in [-0.1, -0.05) is 6.07 Å². The van der Waals surface area contributed by atoms with Gasteiger partial charge in [0.05, 0.1) is 5.88 Å². The van der Waals surface area contributed by atoms with Crippen LogP contribution in [0.5, 0.6) is 0 Å². The maximum absolute atomic E-state index is 12.8. The molecule has 1 aromatic carbocycles. The Balaban J connectivity index is 2.90. The highest BCUT2D eigenvalue weighted by Gasteiger charge is 2.07. The van der Waals surface area contributed by atoms with E-state index in [-0.39, 0.29) is 23.9 Å². The molecule has 0 spiro atoms. The van der Waals surface area contributed by atoms with Crippen molar-refractivity contribution in [2.24, 2.45) is 0 Å². The lowest BCUT2D eigenvalue weighted by atomic mass is 10.1. The highest BCUT2D eigenvalue weighted by molar-refractivity contribution is 7.98. The molecule has 0 atom stereocenters. The molecule has 76 valence electrons. The van der Waals surface area contributed by atoms with Crippen LogP contribution in [0.3, 0.4) is 0 Å². The van der Waals surface area contributed by atoms with Crippen molar-refractivity contribution in [2.75, 3.05) is 12.1 Å². The third-order valence-corrected chi connectivity index (χ3v) is 2.90. The van der Waals surface area contributed by atoms with E-state index in [1.165, 1.54) is 23.9 Å². The fraction of sp³-hybridized carbons (Fsp3) is 0.300. The molecule has 1 nitrogen and oxygen atoms in total. The number of benzene rings is 1. The van der Waals surface area contributed by atoms with E-state index in [1.54, 1.807) is 6.07 Å².